The average Bonchev–Trinajstić information content (AvgIpc) is 2.46. The largest absolute Gasteiger partial charge is 0.343 e. The summed E-state index contributed by atoms with van der Waals surface area (Å²) in [6.07, 6.45) is 7.11. The minimum atomic E-state index is 0.143. The lowest BCUT2D eigenvalue weighted by atomic mass is 10.0. The normalized spacial score (nSPS) is 30.2. The molecule has 0 saturated carbocycles. The van der Waals surface area contributed by atoms with Crippen molar-refractivity contribution in [3.8, 4) is 0 Å². The fraction of sp³-hybridized carbons (Fsp3) is 0.923. The van der Waals surface area contributed by atoms with Crippen LogP contribution in [-0.2, 0) is 4.79 Å². The fourth-order valence-electron chi connectivity index (χ4n) is 3.12. The molecule has 2 atom stereocenters. The summed E-state index contributed by atoms with van der Waals surface area (Å²) in [4.78, 5) is 13.0. The maximum absolute atomic E-state index is 10.5. The molecule has 2 rings (SSSR count). The molecule has 6 heteroatoms. The first-order valence-electron chi connectivity index (χ1n) is 7.46. The van der Waals surface area contributed by atoms with Crippen molar-refractivity contribution in [2.75, 3.05) is 26.2 Å². The minimum absolute atomic E-state index is 0.143. The van der Waals surface area contributed by atoms with Crippen molar-refractivity contribution in [1.82, 2.24) is 20.9 Å². The van der Waals surface area contributed by atoms with Crippen LogP contribution in [0, 0.1) is 0 Å². The first kappa shape index (κ1) is 14.7. The summed E-state index contributed by atoms with van der Waals surface area (Å²) < 4.78 is 0. The van der Waals surface area contributed by atoms with Gasteiger partial charge >= 0.3 is 0 Å². The number of carbonyl (C=O) groups is 1. The highest BCUT2D eigenvalue weighted by Crippen LogP contribution is 2.19. The van der Waals surface area contributed by atoms with Crippen LogP contribution in [0.4, 0.5) is 0 Å². The first-order chi connectivity index (χ1) is 9.33. The summed E-state index contributed by atoms with van der Waals surface area (Å²) >= 11 is 0. The molecule has 2 aliphatic heterocycles. The quantitative estimate of drug-likeness (QED) is 0.473. The molecule has 2 heterocycles. The van der Waals surface area contributed by atoms with E-state index in [1.165, 1.54) is 25.7 Å². The molecule has 2 saturated heterocycles. The topological polar surface area (TPSA) is 82.4 Å². The Morgan fingerprint density at radius 3 is 2.74 bits per heavy atom. The van der Waals surface area contributed by atoms with Gasteiger partial charge in [-0.3, -0.25) is 15.0 Å². The molecule has 0 aromatic heterocycles. The number of carbonyl (C=O) groups excluding carboxylic acids is 1. The van der Waals surface area contributed by atoms with Crippen molar-refractivity contribution >= 4 is 6.41 Å². The molecule has 0 radical (unpaired) electrons. The molecule has 6 nitrogen and oxygen atoms in total. The van der Waals surface area contributed by atoms with E-state index in [2.05, 4.69) is 20.9 Å². The van der Waals surface area contributed by atoms with E-state index in [0.29, 0.717) is 18.8 Å². The van der Waals surface area contributed by atoms with Crippen molar-refractivity contribution in [3.63, 3.8) is 0 Å². The number of likely N-dealkylation sites (tertiary alicyclic amines) is 1. The van der Waals surface area contributed by atoms with Crippen LogP contribution in [0.5, 0.6) is 0 Å². The molecule has 5 N–H and O–H groups in total. The Balaban J connectivity index is 1.72. The van der Waals surface area contributed by atoms with Crippen molar-refractivity contribution in [3.05, 3.63) is 0 Å². The van der Waals surface area contributed by atoms with Crippen LogP contribution in [0.15, 0.2) is 0 Å². The van der Waals surface area contributed by atoms with Crippen LogP contribution in [0.2, 0.25) is 0 Å². The number of nitrogens with two attached hydrogens (primary N) is 1. The highest BCUT2D eigenvalue weighted by molar-refractivity contribution is 5.46. The maximum Gasteiger partial charge on any atom is 0.208 e. The van der Waals surface area contributed by atoms with Gasteiger partial charge in [0.05, 0.1) is 12.3 Å². The highest BCUT2D eigenvalue weighted by Gasteiger charge is 2.28. The third kappa shape index (κ3) is 4.42. The van der Waals surface area contributed by atoms with E-state index in [9.17, 15) is 4.79 Å². The van der Waals surface area contributed by atoms with Gasteiger partial charge < -0.3 is 16.4 Å². The predicted molar refractivity (Wildman–Crippen MR) is 75.4 cm³/mol. The Morgan fingerprint density at radius 1 is 1.26 bits per heavy atom. The molecule has 0 spiro atoms. The number of hydrogen-bond donors (Lipinski definition) is 4. The zero-order valence-corrected chi connectivity index (χ0v) is 11.6. The molecule has 1 amide bonds. The number of amides is 1. The molecule has 19 heavy (non-hydrogen) atoms. The van der Waals surface area contributed by atoms with E-state index >= 15 is 0 Å². The van der Waals surface area contributed by atoms with Gasteiger partial charge in [0.15, 0.2) is 0 Å². The van der Waals surface area contributed by atoms with Crippen molar-refractivity contribution in [2.45, 2.75) is 50.5 Å². The second-order valence-corrected chi connectivity index (χ2v) is 5.50. The van der Waals surface area contributed by atoms with Crippen molar-refractivity contribution in [2.24, 2.45) is 5.73 Å². The molecule has 0 bridgehead atoms. The molecular weight excluding hydrogens is 242 g/mol. The summed E-state index contributed by atoms with van der Waals surface area (Å²) in [6, 6.07) is 0.618. The Hall–Kier alpha value is -0.690. The third-order valence-electron chi connectivity index (χ3n) is 4.18. The number of rotatable bonds is 6. The van der Waals surface area contributed by atoms with Crippen LogP contribution in [0.3, 0.4) is 0 Å². The number of piperidine rings is 2. The van der Waals surface area contributed by atoms with Gasteiger partial charge in [-0.2, -0.15) is 0 Å². The van der Waals surface area contributed by atoms with Gasteiger partial charge in [-0.15, -0.1) is 0 Å². The van der Waals surface area contributed by atoms with E-state index in [0.717, 1.165) is 32.5 Å². The molecule has 0 aliphatic carbocycles. The zero-order chi connectivity index (χ0) is 13.5. The number of hydrogen-bond acceptors (Lipinski definition) is 5. The SMILES string of the molecule is NCCNC1CCN(C2CCCC(NC=O)N2)CC1. The summed E-state index contributed by atoms with van der Waals surface area (Å²) in [5.74, 6) is 0. The zero-order valence-electron chi connectivity index (χ0n) is 11.6. The second-order valence-electron chi connectivity index (χ2n) is 5.50. The van der Waals surface area contributed by atoms with Gasteiger partial charge in [-0.1, -0.05) is 0 Å². The fourth-order valence-corrected chi connectivity index (χ4v) is 3.12. The van der Waals surface area contributed by atoms with Crippen LogP contribution < -0.4 is 21.7 Å². The van der Waals surface area contributed by atoms with Gasteiger partial charge in [0.25, 0.3) is 0 Å². The summed E-state index contributed by atoms with van der Waals surface area (Å²) in [5.41, 5.74) is 5.52. The summed E-state index contributed by atoms with van der Waals surface area (Å²) in [6.45, 7) is 3.86. The van der Waals surface area contributed by atoms with Gasteiger partial charge in [0.1, 0.15) is 0 Å². The highest BCUT2D eigenvalue weighted by atomic mass is 16.1. The molecule has 0 aromatic rings. The average molecular weight is 269 g/mol. The van der Waals surface area contributed by atoms with Gasteiger partial charge in [-0.25, -0.2) is 0 Å². The van der Waals surface area contributed by atoms with E-state index in [4.69, 9.17) is 5.73 Å². The van der Waals surface area contributed by atoms with E-state index < -0.39 is 0 Å². The Morgan fingerprint density at radius 2 is 2.05 bits per heavy atom. The smallest absolute Gasteiger partial charge is 0.208 e. The van der Waals surface area contributed by atoms with Crippen LogP contribution in [0.25, 0.3) is 0 Å². The minimum Gasteiger partial charge on any atom is -0.343 e. The molecule has 110 valence electrons. The van der Waals surface area contributed by atoms with Gasteiger partial charge in [0, 0.05) is 32.2 Å². The second kappa shape index (κ2) is 7.79. The van der Waals surface area contributed by atoms with Crippen LogP contribution in [-0.4, -0.2) is 55.9 Å². The lowest BCUT2D eigenvalue weighted by Gasteiger charge is -2.42. The predicted octanol–water partition coefficient (Wildman–Crippen LogP) is -0.829. The number of nitrogens with zero attached hydrogens (tertiary/aromatic N) is 1. The molecular formula is C13H27N5O. The molecule has 2 aliphatic rings. The van der Waals surface area contributed by atoms with E-state index in [-0.39, 0.29) is 6.17 Å². The standard InChI is InChI=1S/C13H27N5O/c14-6-7-15-11-4-8-18(9-5-11)13-3-1-2-12(17-13)16-10-19/h10-13,15,17H,1-9,14H2,(H,16,19). The van der Waals surface area contributed by atoms with E-state index in [1.54, 1.807) is 0 Å². The van der Waals surface area contributed by atoms with Gasteiger partial charge in [-0.05, 0) is 32.1 Å². The summed E-state index contributed by atoms with van der Waals surface area (Å²) in [7, 11) is 0. The molecule has 0 aromatic carbocycles. The lowest BCUT2D eigenvalue weighted by Crippen LogP contribution is -2.59. The van der Waals surface area contributed by atoms with Crippen molar-refractivity contribution < 1.29 is 4.79 Å². The third-order valence-corrected chi connectivity index (χ3v) is 4.18. The van der Waals surface area contributed by atoms with E-state index in [1.807, 2.05) is 0 Å². The molecule has 2 unspecified atom stereocenters. The lowest BCUT2D eigenvalue weighted by molar-refractivity contribution is -0.110. The van der Waals surface area contributed by atoms with Crippen LogP contribution in [0.1, 0.15) is 32.1 Å². The Labute approximate surface area is 115 Å². The molecule has 2 fully saturated rings. The van der Waals surface area contributed by atoms with Gasteiger partial charge in [0.2, 0.25) is 6.41 Å². The summed E-state index contributed by atoms with van der Waals surface area (Å²) in [5, 5.41) is 9.86. The number of nitrogens with one attached hydrogen (secondary N) is 3. The van der Waals surface area contributed by atoms with Crippen molar-refractivity contribution in [1.29, 1.82) is 0 Å². The maximum atomic E-state index is 10.5. The van der Waals surface area contributed by atoms with Crippen LogP contribution >= 0.6 is 0 Å². The Kier molecular flexibility index (Phi) is 6.03. The Bertz CT molecular complexity index is 268. The first-order valence-corrected chi connectivity index (χ1v) is 7.46. The monoisotopic (exact) mass is 269 g/mol.